The summed E-state index contributed by atoms with van der Waals surface area (Å²) in [6, 6.07) is 10.1. The third kappa shape index (κ3) is 2.70. The van der Waals surface area contributed by atoms with Crippen LogP contribution in [-0.4, -0.2) is 10.1 Å². The highest BCUT2D eigenvalue weighted by molar-refractivity contribution is 5.54. The predicted molar refractivity (Wildman–Crippen MR) is 63.0 cm³/mol. The van der Waals surface area contributed by atoms with E-state index in [4.69, 9.17) is 9.78 Å². The van der Waals surface area contributed by atoms with Crippen molar-refractivity contribution >= 4 is 0 Å². The SMILES string of the molecule is Cc1ccc(-c2noc(CC(C)C#N)n2)cc1. The average molecular weight is 227 g/mol. The number of nitriles is 1. The minimum atomic E-state index is -0.110. The van der Waals surface area contributed by atoms with Gasteiger partial charge in [0.1, 0.15) is 0 Å². The van der Waals surface area contributed by atoms with E-state index in [2.05, 4.69) is 16.2 Å². The number of benzene rings is 1. The lowest BCUT2D eigenvalue weighted by Gasteiger charge is -1.95. The zero-order valence-corrected chi connectivity index (χ0v) is 9.84. The molecular weight excluding hydrogens is 214 g/mol. The second kappa shape index (κ2) is 4.79. The van der Waals surface area contributed by atoms with Crippen molar-refractivity contribution in [3.8, 4) is 17.5 Å². The molecule has 0 radical (unpaired) electrons. The third-order valence-electron chi connectivity index (χ3n) is 2.48. The average Bonchev–Trinajstić information content (AvgIpc) is 2.78. The second-order valence-electron chi connectivity index (χ2n) is 4.11. The summed E-state index contributed by atoms with van der Waals surface area (Å²) in [4.78, 5) is 4.27. The van der Waals surface area contributed by atoms with Gasteiger partial charge in [0.25, 0.3) is 0 Å². The van der Waals surface area contributed by atoms with Gasteiger partial charge in [0.2, 0.25) is 11.7 Å². The molecule has 0 spiro atoms. The van der Waals surface area contributed by atoms with Crippen molar-refractivity contribution in [2.24, 2.45) is 5.92 Å². The maximum Gasteiger partial charge on any atom is 0.228 e. The molecule has 1 aromatic heterocycles. The van der Waals surface area contributed by atoms with Crippen LogP contribution < -0.4 is 0 Å². The molecule has 4 heteroatoms. The van der Waals surface area contributed by atoms with E-state index in [0.29, 0.717) is 18.1 Å². The third-order valence-corrected chi connectivity index (χ3v) is 2.48. The Balaban J connectivity index is 2.18. The van der Waals surface area contributed by atoms with Gasteiger partial charge in [0.15, 0.2) is 0 Å². The van der Waals surface area contributed by atoms with Crippen LogP contribution in [0.25, 0.3) is 11.4 Å². The molecule has 2 aromatic rings. The molecule has 0 N–H and O–H groups in total. The number of rotatable bonds is 3. The standard InChI is InChI=1S/C13H13N3O/c1-9-3-5-11(6-4-9)13-15-12(17-16-13)7-10(2)8-14/h3-6,10H,7H2,1-2H3. The zero-order valence-electron chi connectivity index (χ0n) is 9.84. The molecule has 0 saturated carbocycles. The lowest BCUT2D eigenvalue weighted by atomic mass is 10.1. The van der Waals surface area contributed by atoms with Gasteiger partial charge >= 0.3 is 0 Å². The molecule has 0 aliphatic heterocycles. The maximum atomic E-state index is 8.71. The fourth-order valence-electron chi connectivity index (χ4n) is 1.47. The second-order valence-corrected chi connectivity index (χ2v) is 4.11. The van der Waals surface area contributed by atoms with Crippen LogP contribution in [0.4, 0.5) is 0 Å². The zero-order chi connectivity index (χ0) is 12.3. The summed E-state index contributed by atoms with van der Waals surface area (Å²) >= 11 is 0. The monoisotopic (exact) mass is 227 g/mol. The van der Waals surface area contributed by atoms with E-state index in [-0.39, 0.29) is 5.92 Å². The van der Waals surface area contributed by atoms with Gasteiger partial charge < -0.3 is 4.52 Å². The normalized spacial score (nSPS) is 12.1. The molecule has 0 aliphatic rings. The Hall–Kier alpha value is -2.15. The van der Waals surface area contributed by atoms with E-state index in [1.54, 1.807) is 0 Å². The lowest BCUT2D eigenvalue weighted by molar-refractivity contribution is 0.369. The van der Waals surface area contributed by atoms with Crippen LogP contribution in [0.3, 0.4) is 0 Å². The summed E-state index contributed by atoms with van der Waals surface area (Å²) in [7, 11) is 0. The Morgan fingerprint density at radius 2 is 2.06 bits per heavy atom. The van der Waals surface area contributed by atoms with Gasteiger partial charge in [-0.2, -0.15) is 10.2 Å². The van der Waals surface area contributed by atoms with Gasteiger partial charge in [-0.15, -0.1) is 0 Å². The van der Waals surface area contributed by atoms with Crippen molar-refractivity contribution in [1.82, 2.24) is 10.1 Å². The summed E-state index contributed by atoms with van der Waals surface area (Å²) in [5, 5.41) is 12.6. The Morgan fingerprint density at radius 1 is 1.35 bits per heavy atom. The summed E-state index contributed by atoms with van der Waals surface area (Å²) in [6.07, 6.45) is 0.495. The highest BCUT2D eigenvalue weighted by Crippen LogP contribution is 2.17. The van der Waals surface area contributed by atoms with E-state index in [0.717, 1.165) is 5.56 Å². The molecule has 1 atom stereocenters. The molecule has 1 heterocycles. The van der Waals surface area contributed by atoms with Crippen molar-refractivity contribution < 1.29 is 4.52 Å². The first-order valence-electron chi connectivity index (χ1n) is 5.48. The summed E-state index contributed by atoms with van der Waals surface area (Å²) in [6.45, 7) is 3.86. The molecule has 0 amide bonds. The first-order valence-corrected chi connectivity index (χ1v) is 5.48. The van der Waals surface area contributed by atoms with E-state index in [1.807, 2.05) is 38.1 Å². The molecule has 86 valence electrons. The van der Waals surface area contributed by atoms with E-state index in [1.165, 1.54) is 5.56 Å². The number of aryl methyl sites for hydroxylation is 1. The highest BCUT2D eigenvalue weighted by atomic mass is 16.5. The first kappa shape index (κ1) is 11.3. The van der Waals surface area contributed by atoms with Crippen molar-refractivity contribution in [2.45, 2.75) is 20.3 Å². The fourth-order valence-corrected chi connectivity index (χ4v) is 1.47. The van der Waals surface area contributed by atoms with Crippen molar-refractivity contribution in [2.75, 3.05) is 0 Å². The van der Waals surface area contributed by atoms with E-state index in [9.17, 15) is 0 Å². The van der Waals surface area contributed by atoms with Gasteiger partial charge in [0.05, 0.1) is 12.0 Å². The topological polar surface area (TPSA) is 62.7 Å². The first-order chi connectivity index (χ1) is 8.19. The minimum Gasteiger partial charge on any atom is -0.339 e. The number of aromatic nitrogens is 2. The highest BCUT2D eigenvalue weighted by Gasteiger charge is 2.11. The van der Waals surface area contributed by atoms with Crippen LogP contribution in [0.2, 0.25) is 0 Å². The largest absolute Gasteiger partial charge is 0.339 e. The van der Waals surface area contributed by atoms with E-state index < -0.39 is 0 Å². The molecule has 1 aromatic carbocycles. The van der Waals surface area contributed by atoms with Gasteiger partial charge in [-0.3, -0.25) is 0 Å². The molecule has 4 nitrogen and oxygen atoms in total. The van der Waals surface area contributed by atoms with Crippen molar-refractivity contribution in [3.63, 3.8) is 0 Å². The Labute approximate surface area is 99.9 Å². The number of nitrogens with zero attached hydrogens (tertiary/aromatic N) is 3. The van der Waals surface area contributed by atoms with Crippen molar-refractivity contribution in [1.29, 1.82) is 5.26 Å². The van der Waals surface area contributed by atoms with Gasteiger partial charge in [0, 0.05) is 12.0 Å². The van der Waals surface area contributed by atoms with E-state index >= 15 is 0 Å². The van der Waals surface area contributed by atoms with Gasteiger partial charge in [-0.25, -0.2) is 0 Å². The minimum absolute atomic E-state index is 0.110. The molecule has 0 aliphatic carbocycles. The number of hydrogen-bond acceptors (Lipinski definition) is 4. The number of hydrogen-bond donors (Lipinski definition) is 0. The quantitative estimate of drug-likeness (QED) is 0.808. The lowest BCUT2D eigenvalue weighted by Crippen LogP contribution is -1.96. The van der Waals surface area contributed by atoms with Crippen LogP contribution in [0, 0.1) is 24.2 Å². The molecule has 1 unspecified atom stereocenters. The Kier molecular flexibility index (Phi) is 3.20. The summed E-state index contributed by atoms with van der Waals surface area (Å²) in [5.41, 5.74) is 2.12. The summed E-state index contributed by atoms with van der Waals surface area (Å²) in [5.74, 6) is 0.973. The van der Waals surface area contributed by atoms with Gasteiger partial charge in [-0.05, 0) is 13.8 Å². The summed E-state index contributed by atoms with van der Waals surface area (Å²) < 4.78 is 5.11. The smallest absolute Gasteiger partial charge is 0.228 e. The van der Waals surface area contributed by atoms with Crippen molar-refractivity contribution in [3.05, 3.63) is 35.7 Å². The molecule has 17 heavy (non-hydrogen) atoms. The van der Waals surface area contributed by atoms with Crippen LogP contribution in [-0.2, 0) is 6.42 Å². The fraction of sp³-hybridized carbons (Fsp3) is 0.308. The molecule has 2 rings (SSSR count). The Bertz CT molecular complexity index is 537. The molecule has 0 bridgehead atoms. The molecule has 0 saturated heterocycles. The molecular formula is C13H13N3O. The van der Waals surface area contributed by atoms with Crippen LogP contribution >= 0.6 is 0 Å². The van der Waals surface area contributed by atoms with Crippen LogP contribution in [0.1, 0.15) is 18.4 Å². The Morgan fingerprint density at radius 3 is 2.71 bits per heavy atom. The van der Waals surface area contributed by atoms with Crippen LogP contribution in [0.5, 0.6) is 0 Å². The maximum absolute atomic E-state index is 8.71. The van der Waals surface area contributed by atoms with Gasteiger partial charge in [-0.1, -0.05) is 35.0 Å². The van der Waals surface area contributed by atoms with Crippen LogP contribution in [0.15, 0.2) is 28.8 Å². The predicted octanol–water partition coefficient (Wildman–Crippen LogP) is 2.75. The molecule has 0 fully saturated rings.